The van der Waals surface area contributed by atoms with Crippen molar-refractivity contribution in [3.63, 3.8) is 0 Å². The minimum atomic E-state index is 0.278. The number of rotatable bonds is 3. The summed E-state index contributed by atoms with van der Waals surface area (Å²) in [5.41, 5.74) is 2.84. The van der Waals surface area contributed by atoms with Crippen LogP contribution in [0.25, 0.3) is 0 Å². The van der Waals surface area contributed by atoms with Gasteiger partial charge in [-0.1, -0.05) is 37.1 Å². The second kappa shape index (κ2) is 7.08. The summed E-state index contributed by atoms with van der Waals surface area (Å²) in [5, 5.41) is 3.50. The third kappa shape index (κ3) is 3.65. The molecule has 1 heterocycles. The number of carbonyl (C=O) groups excluding carboxylic acids is 1. The summed E-state index contributed by atoms with van der Waals surface area (Å²) in [7, 11) is 0. The lowest BCUT2D eigenvalue weighted by atomic mass is 9.88. The van der Waals surface area contributed by atoms with E-state index in [0.29, 0.717) is 12.6 Å². The van der Waals surface area contributed by atoms with Crippen LogP contribution in [-0.4, -0.2) is 30.4 Å². The van der Waals surface area contributed by atoms with Gasteiger partial charge in [0.15, 0.2) is 0 Å². The molecule has 1 aliphatic heterocycles. The van der Waals surface area contributed by atoms with E-state index in [9.17, 15) is 4.79 Å². The van der Waals surface area contributed by atoms with Crippen molar-refractivity contribution >= 4 is 5.91 Å². The van der Waals surface area contributed by atoms with Crippen molar-refractivity contribution < 1.29 is 4.79 Å². The molecule has 0 aromatic heterocycles. The smallest absolute Gasteiger partial charge is 0.236 e. The quantitative estimate of drug-likeness (QED) is 0.926. The van der Waals surface area contributed by atoms with Crippen molar-refractivity contribution in [2.75, 3.05) is 19.6 Å². The summed E-state index contributed by atoms with van der Waals surface area (Å²) in [6.07, 6.45) is 8.40. The molecule has 114 valence electrons. The third-order valence-electron chi connectivity index (χ3n) is 4.83. The summed E-state index contributed by atoms with van der Waals surface area (Å²) in [6.45, 7) is 2.38. The zero-order valence-corrected chi connectivity index (χ0v) is 12.8. The molecule has 1 fully saturated rings. The minimum absolute atomic E-state index is 0.278. The zero-order valence-electron chi connectivity index (χ0n) is 12.8. The number of carbonyl (C=O) groups is 1. The fourth-order valence-corrected chi connectivity index (χ4v) is 3.61. The van der Waals surface area contributed by atoms with Gasteiger partial charge in [0.1, 0.15) is 0 Å². The highest BCUT2D eigenvalue weighted by Crippen LogP contribution is 2.29. The lowest BCUT2D eigenvalue weighted by Gasteiger charge is -2.28. The monoisotopic (exact) mass is 286 g/mol. The van der Waals surface area contributed by atoms with Crippen LogP contribution in [0.4, 0.5) is 0 Å². The lowest BCUT2D eigenvalue weighted by molar-refractivity contribution is -0.130. The summed E-state index contributed by atoms with van der Waals surface area (Å²) in [6, 6.07) is 9.01. The van der Waals surface area contributed by atoms with Crippen molar-refractivity contribution in [1.29, 1.82) is 0 Å². The van der Waals surface area contributed by atoms with E-state index in [4.69, 9.17) is 0 Å². The van der Waals surface area contributed by atoms with Gasteiger partial charge in [-0.2, -0.15) is 0 Å². The van der Waals surface area contributed by atoms with Crippen molar-refractivity contribution in [1.82, 2.24) is 10.2 Å². The molecule has 1 N–H and O–H groups in total. The van der Waals surface area contributed by atoms with E-state index in [1.165, 1.54) is 36.8 Å². The van der Waals surface area contributed by atoms with Crippen LogP contribution in [0, 0.1) is 0 Å². The Morgan fingerprint density at radius 3 is 2.67 bits per heavy atom. The molecule has 21 heavy (non-hydrogen) atoms. The molecule has 0 bridgehead atoms. The Morgan fingerprint density at radius 1 is 1.10 bits per heavy atom. The number of hydrogen-bond acceptors (Lipinski definition) is 2. The van der Waals surface area contributed by atoms with Crippen LogP contribution in [-0.2, 0) is 11.2 Å². The highest BCUT2D eigenvalue weighted by molar-refractivity contribution is 5.78. The van der Waals surface area contributed by atoms with Crippen molar-refractivity contribution in [2.24, 2.45) is 0 Å². The fourth-order valence-electron chi connectivity index (χ4n) is 3.61. The van der Waals surface area contributed by atoms with Crippen molar-refractivity contribution in [2.45, 2.75) is 51.0 Å². The van der Waals surface area contributed by atoms with Gasteiger partial charge in [-0.15, -0.1) is 0 Å². The number of nitrogens with zero attached hydrogens (tertiary/aromatic N) is 1. The Hall–Kier alpha value is -1.35. The van der Waals surface area contributed by atoms with Crippen molar-refractivity contribution in [3.05, 3.63) is 35.4 Å². The highest BCUT2D eigenvalue weighted by atomic mass is 16.2. The molecule has 3 heteroatoms. The van der Waals surface area contributed by atoms with Crippen LogP contribution in [0.3, 0.4) is 0 Å². The molecule has 0 spiro atoms. The zero-order chi connectivity index (χ0) is 14.5. The molecular weight excluding hydrogens is 260 g/mol. The molecule has 1 aromatic rings. The second-order valence-corrected chi connectivity index (χ2v) is 6.32. The summed E-state index contributed by atoms with van der Waals surface area (Å²) in [5.74, 6) is 0.278. The summed E-state index contributed by atoms with van der Waals surface area (Å²) >= 11 is 0. The molecular formula is C18H26N2O. The van der Waals surface area contributed by atoms with E-state index < -0.39 is 0 Å². The molecule has 0 saturated carbocycles. The van der Waals surface area contributed by atoms with E-state index in [1.54, 1.807) is 0 Å². The molecule has 1 unspecified atom stereocenters. The van der Waals surface area contributed by atoms with Crippen LogP contribution in [0.15, 0.2) is 24.3 Å². The Labute approximate surface area is 127 Å². The maximum absolute atomic E-state index is 12.4. The number of hydrogen-bond donors (Lipinski definition) is 1. The van der Waals surface area contributed by atoms with Crippen molar-refractivity contribution in [3.8, 4) is 0 Å². The minimum Gasteiger partial charge on any atom is -0.342 e. The van der Waals surface area contributed by atoms with Gasteiger partial charge in [0.05, 0.1) is 6.54 Å². The molecule has 2 aliphatic rings. The molecule has 1 atom stereocenters. The number of amides is 1. The van der Waals surface area contributed by atoms with Gasteiger partial charge < -0.3 is 10.2 Å². The molecule has 1 amide bonds. The Morgan fingerprint density at radius 2 is 1.86 bits per heavy atom. The van der Waals surface area contributed by atoms with E-state index >= 15 is 0 Å². The van der Waals surface area contributed by atoms with E-state index in [-0.39, 0.29) is 5.91 Å². The number of fused-ring (bicyclic) bond motifs is 1. The molecule has 1 aliphatic carbocycles. The first-order valence-corrected chi connectivity index (χ1v) is 8.43. The lowest BCUT2D eigenvalue weighted by Crippen LogP contribution is -2.40. The second-order valence-electron chi connectivity index (χ2n) is 6.32. The SMILES string of the molecule is O=C(CNC1CCCc2ccccc21)N1CCCCCC1. The number of aryl methyl sites for hydroxylation is 1. The topological polar surface area (TPSA) is 32.3 Å². The van der Waals surface area contributed by atoms with Crippen LogP contribution in [0.2, 0.25) is 0 Å². The first-order chi connectivity index (χ1) is 10.3. The van der Waals surface area contributed by atoms with Gasteiger partial charge >= 0.3 is 0 Å². The summed E-state index contributed by atoms with van der Waals surface area (Å²) in [4.78, 5) is 14.4. The standard InChI is InChI=1S/C18H26N2O/c21-18(20-12-5-1-2-6-13-20)14-19-17-11-7-9-15-8-3-4-10-16(15)17/h3-4,8,10,17,19H,1-2,5-7,9,11-14H2. The maximum atomic E-state index is 12.4. The summed E-state index contributed by atoms with van der Waals surface area (Å²) < 4.78 is 0. The van der Waals surface area contributed by atoms with Gasteiger partial charge in [0, 0.05) is 19.1 Å². The third-order valence-corrected chi connectivity index (χ3v) is 4.83. The number of likely N-dealkylation sites (tertiary alicyclic amines) is 1. The first-order valence-electron chi connectivity index (χ1n) is 8.43. The molecule has 0 radical (unpaired) electrons. The van der Waals surface area contributed by atoms with E-state index in [1.807, 2.05) is 0 Å². The molecule has 1 aromatic carbocycles. The van der Waals surface area contributed by atoms with E-state index in [2.05, 4.69) is 34.5 Å². The largest absolute Gasteiger partial charge is 0.342 e. The average molecular weight is 286 g/mol. The van der Waals surface area contributed by atoms with Crippen LogP contribution in [0.5, 0.6) is 0 Å². The van der Waals surface area contributed by atoms with Gasteiger partial charge in [-0.3, -0.25) is 4.79 Å². The average Bonchev–Trinajstić information content (AvgIpc) is 2.82. The molecule has 3 rings (SSSR count). The first kappa shape index (κ1) is 14.6. The van der Waals surface area contributed by atoms with E-state index in [0.717, 1.165) is 32.4 Å². The maximum Gasteiger partial charge on any atom is 0.236 e. The fraction of sp³-hybridized carbons (Fsp3) is 0.611. The Kier molecular flexibility index (Phi) is 4.91. The van der Waals surface area contributed by atoms with Crippen LogP contribution >= 0.6 is 0 Å². The van der Waals surface area contributed by atoms with Gasteiger partial charge in [-0.05, 0) is 43.2 Å². The Balaban J connectivity index is 1.56. The predicted octanol–water partition coefficient (Wildman–Crippen LogP) is 3.06. The van der Waals surface area contributed by atoms with Gasteiger partial charge in [-0.25, -0.2) is 0 Å². The van der Waals surface area contributed by atoms with Gasteiger partial charge in [0.25, 0.3) is 0 Å². The number of benzene rings is 1. The van der Waals surface area contributed by atoms with Crippen LogP contribution < -0.4 is 5.32 Å². The predicted molar refractivity (Wildman–Crippen MR) is 85.2 cm³/mol. The van der Waals surface area contributed by atoms with Crippen LogP contribution in [0.1, 0.15) is 55.7 Å². The molecule has 3 nitrogen and oxygen atoms in total. The van der Waals surface area contributed by atoms with Gasteiger partial charge in [0.2, 0.25) is 5.91 Å². The molecule has 1 saturated heterocycles. The normalized spacial score (nSPS) is 22.5. The highest BCUT2D eigenvalue weighted by Gasteiger charge is 2.21. The number of nitrogens with one attached hydrogen (secondary N) is 1. The Bertz CT molecular complexity index is 478.